The Labute approximate surface area is 146 Å². The maximum atomic E-state index is 12.3. The summed E-state index contributed by atoms with van der Waals surface area (Å²) >= 11 is 0. The number of ether oxygens (including phenoxy) is 1. The molecule has 1 saturated heterocycles. The van der Waals surface area contributed by atoms with E-state index in [1.165, 1.54) is 10.7 Å². The molecule has 0 bridgehead atoms. The molecule has 1 aromatic carbocycles. The van der Waals surface area contributed by atoms with Gasteiger partial charge in [0, 0.05) is 24.3 Å². The molecule has 25 heavy (non-hydrogen) atoms. The Kier molecular flexibility index (Phi) is 4.99. The molecule has 2 aromatic rings. The Morgan fingerprint density at radius 3 is 2.76 bits per heavy atom. The zero-order valence-corrected chi connectivity index (χ0v) is 14.6. The fourth-order valence-electron chi connectivity index (χ4n) is 3.09. The number of hydrogen-bond donors (Lipinski definition) is 1. The van der Waals surface area contributed by atoms with Gasteiger partial charge in [-0.15, -0.1) is 0 Å². The summed E-state index contributed by atoms with van der Waals surface area (Å²) in [4.78, 5) is 24.4. The quantitative estimate of drug-likeness (QED) is 0.923. The van der Waals surface area contributed by atoms with Gasteiger partial charge in [-0.1, -0.05) is 30.3 Å². The first-order valence-electron chi connectivity index (χ1n) is 8.50. The Hall–Kier alpha value is -2.47. The number of amides is 1. The molecule has 132 valence electrons. The average molecular weight is 341 g/mol. The molecule has 6 heteroatoms. The van der Waals surface area contributed by atoms with Gasteiger partial charge in [-0.05, 0) is 32.8 Å². The molecule has 0 aliphatic carbocycles. The summed E-state index contributed by atoms with van der Waals surface area (Å²) in [5, 5.41) is 7.31. The van der Waals surface area contributed by atoms with Crippen molar-refractivity contribution in [1.82, 2.24) is 15.1 Å². The Morgan fingerprint density at radius 2 is 2.04 bits per heavy atom. The van der Waals surface area contributed by atoms with E-state index in [0.717, 1.165) is 18.4 Å². The molecule has 1 N–H and O–H groups in total. The summed E-state index contributed by atoms with van der Waals surface area (Å²) in [5.41, 5.74) is 1.04. The van der Waals surface area contributed by atoms with E-state index < -0.39 is 0 Å². The van der Waals surface area contributed by atoms with Crippen LogP contribution in [0.5, 0.6) is 0 Å². The van der Waals surface area contributed by atoms with Gasteiger partial charge in [0.1, 0.15) is 6.54 Å². The van der Waals surface area contributed by atoms with E-state index in [0.29, 0.717) is 12.3 Å². The van der Waals surface area contributed by atoms with Gasteiger partial charge >= 0.3 is 0 Å². The van der Waals surface area contributed by atoms with E-state index in [4.69, 9.17) is 4.74 Å². The van der Waals surface area contributed by atoms with E-state index in [9.17, 15) is 9.59 Å². The van der Waals surface area contributed by atoms with E-state index in [1.54, 1.807) is 6.07 Å². The van der Waals surface area contributed by atoms with Crippen molar-refractivity contribution in [3.8, 4) is 11.3 Å². The second-order valence-electron chi connectivity index (χ2n) is 6.95. The third-order valence-corrected chi connectivity index (χ3v) is 4.29. The minimum Gasteiger partial charge on any atom is -0.375 e. The maximum absolute atomic E-state index is 12.3. The first kappa shape index (κ1) is 17.4. The average Bonchev–Trinajstić information content (AvgIpc) is 2.56. The molecule has 0 saturated carbocycles. The Morgan fingerprint density at radius 1 is 1.28 bits per heavy atom. The van der Waals surface area contributed by atoms with Gasteiger partial charge < -0.3 is 10.1 Å². The van der Waals surface area contributed by atoms with Crippen molar-refractivity contribution in [2.24, 2.45) is 0 Å². The number of aromatic nitrogens is 2. The lowest BCUT2D eigenvalue weighted by molar-refractivity contribution is -0.124. The second kappa shape index (κ2) is 7.19. The van der Waals surface area contributed by atoms with Crippen molar-refractivity contribution >= 4 is 5.91 Å². The number of nitrogens with zero attached hydrogens (tertiary/aromatic N) is 2. The van der Waals surface area contributed by atoms with Crippen molar-refractivity contribution in [3.05, 3.63) is 52.8 Å². The van der Waals surface area contributed by atoms with Crippen molar-refractivity contribution in [3.63, 3.8) is 0 Å². The number of hydrogen-bond acceptors (Lipinski definition) is 4. The monoisotopic (exact) mass is 341 g/mol. The van der Waals surface area contributed by atoms with Crippen molar-refractivity contribution in [2.45, 2.75) is 44.9 Å². The summed E-state index contributed by atoms with van der Waals surface area (Å²) in [6, 6.07) is 12.8. The largest absolute Gasteiger partial charge is 0.375 e. The SMILES string of the molecule is CC1(C)C[C@H](NC(=O)Cn2nc(-c3ccccc3)ccc2=O)CCO1. The third-order valence-electron chi connectivity index (χ3n) is 4.29. The van der Waals surface area contributed by atoms with E-state index in [1.807, 2.05) is 44.2 Å². The van der Waals surface area contributed by atoms with Crippen LogP contribution in [0.3, 0.4) is 0 Å². The molecule has 3 rings (SSSR count). The Bertz CT molecular complexity index is 799. The molecule has 1 atom stereocenters. The molecular weight excluding hydrogens is 318 g/mol. The number of carbonyl (C=O) groups is 1. The van der Waals surface area contributed by atoms with Crippen LogP contribution in [-0.4, -0.2) is 33.9 Å². The summed E-state index contributed by atoms with van der Waals surface area (Å²) in [6.45, 7) is 4.57. The molecule has 6 nitrogen and oxygen atoms in total. The molecular formula is C19H23N3O3. The Balaban J connectivity index is 1.70. The highest BCUT2D eigenvalue weighted by Crippen LogP contribution is 2.23. The first-order valence-corrected chi connectivity index (χ1v) is 8.50. The van der Waals surface area contributed by atoms with Crippen LogP contribution in [0.4, 0.5) is 0 Å². The summed E-state index contributed by atoms with van der Waals surface area (Å²) in [7, 11) is 0. The van der Waals surface area contributed by atoms with Crippen molar-refractivity contribution < 1.29 is 9.53 Å². The predicted octanol–water partition coefficient (Wildman–Crippen LogP) is 1.98. The van der Waals surface area contributed by atoms with Gasteiger partial charge in [0.2, 0.25) is 5.91 Å². The predicted molar refractivity (Wildman–Crippen MR) is 95.1 cm³/mol. The van der Waals surface area contributed by atoms with Crippen LogP contribution in [0, 0.1) is 0 Å². The summed E-state index contributed by atoms with van der Waals surface area (Å²) < 4.78 is 6.87. The van der Waals surface area contributed by atoms with E-state index in [-0.39, 0.29) is 29.7 Å². The minimum absolute atomic E-state index is 0.0595. The highest BCUT2D eigenvalue weighted by molar-refractivity contribution is 5.76. The highest BCUT2D eigenvalue weighted by atomic mass is 16.5. The van der Waals surface area contributed by atoms with Gasteiger partial charge in [-0.2, -0.15) is 5.10 Å². The fourth-order valence-corrected chi connectivity index (χ4v) is 3.09. The molecule has 1 aliphatic heterocycles. The van der Waals surface area contributed by atoms with Gasteiger partial charge in [0.25, 0.3) is 5.56 Å². The molecule has 0 spiro atoms. The standard InChI is InChI=1S/C19H23N3O3/c1-19(2)12-15(10-11-25-19)20-17(23)13-22-18(24)9-8-16(21-22)14-6-4-3-5-7-14/h3-9,15H,10-13H2,1-2H3,(H,20,23)/t15-/m1/s1. The minimum atomic E-state index is -0.290. The first-order chi connectivity index (χ1) is 11.9. The van der Waals surface area contributed by atoms with E-state index >= 15 is 0 Å². The van der Waals surface area contributed by atoms with Crippen LogP contribution < -0.4 is 10.9 Å². The van der Waals surface area contributed by atoms with Gasteiger partial charge in [-0.25, -0.2) is 4.68 Å². The van der Waals surface area contributed by atoms with Crippen LogP contribution >= 0.6 is 0 Å². The van der Waals surface area contributed by atoms with Crippen LogP contribution in [-0.2, 0) is 16.1 Å². The molecule has 0 unspecified atom stereocenters. The topological polar surface area (TPSA) is 73.2 Å². The smallest absolute Gasteiger partial charge is 0.267 e. The molecule has 1 amide bonds. The number of rotatable bonds is 4. The number of nitrogens with one attached hydrogen (secondary N) is 1. The van der Waals surface area contributed by atoms with E-state index in [2.05, 4.69) is 10.4 Å². The maximum Gasteiger partial charge on any atom is 0.267 e. The summed E-state index contributed by atoms with van der Waals surface area (Å²) in [5.74, 6) is -0.206. The van der Waals surface area contributed by atoms with Gasteiger partial charge in [0.15, 0.2) is 0 Å². The zero-order valence-electron chi connectivity index (χ0n) is 14.6. The van der Waals surface area contributed by atoms with Crippen LogP contribution in [0.25, 0.3) is 11.3 Å². The molecule has 2 heterocycles. The van der Waals surface area contributed by atoms with Crippen LogP contribution in [0.1, 0.15) is 26.7 Å². The van der Waals surface area contributed by atoms with Crippen molar-refractivity contribution in [1.29, 1.82) is 0 Å². The summed E-state index contributed by atoms with van der Waals surface area (Å²) in [6.07, 6.45) is 1.53. The van der Waals surface area contributed by atoms with Crippen molar-refractivity contribution in [2.75, 3.05) is 6.61 Å². The zero-order chi connectivity index (χ0) is 17.9. The lowest BCUT2D eigenvalue weighted by atomic mass is 9.94. The second-order valence-corrected chi connectivity index (χ2v) is 6.95. The van der Waals surface area contributed by atoms with Crippen LogP contribution in [0.15, 0.2) is 47.3 Å². The van der Waals surface area contributed by atoms with Crippen LogP contribution in [0.2, 0.25) is 0 Å². The molecule has 0 radical (unpaired) electrons. The normalized spacial score (nSPS) is 19.4. The lowest BCUT2D eigenvalue weighted by Crippen LogP contribution is -2.47. The fraction of sp³-hybridized carbons (Fsp3) is 0.421. The molecule has 1 aromatic heterocycles. The number of benzene rings is 1. The molecule has 1 fully saturated rings. The highest BCUT2D eigenvalue weighted by Gasteiger charge is 2.29. The lowest BCUT2D eigenvalue weighted by Gasteiger charge is -2.35. The third kappa shape index (κ3) is 4.54. The molecule has 1 aliphatic rings. The van der Waals surface area contributed by atoms with Gasteiger partial charge in [0.05, 0.1) is 11.3 Å². The number of carbonyl (C=O) groups excluding carboxylic acids is 1. The van der Waals surface area contributed by atoms with Gasteiger partial charge in [-0.3, -0.25) is 9.59 Å².